The minimum absolute atomic E-state index is 0.0936. The number of hydrogen-bond acceptors (Lipinski definition) is 4. The van der Waals surface area contributed by atoms with Crippen molar-refractivity contribution in [1.29, 1.82) is 0 Å². The highest BCUT2D eigenvalue weighted by molar-refractivity contribution is 5.84. The number of hydrogen-bond donors (Lipinski definition) is 2. The molecule has 6 nitrogen and oxygen atoms in total. The molecule has 1 atom stereocenters. The Labute approximate surface area is 124 Å². The fourth-order valence-corrected chi connectivity index (χ4v) is 2.11. The minimum Gasteiger partial charge on any atom is -0.483 e. The summed E-state index contributed by atoms with van der Waals surface area (Å²) in [5, 5.41) is 11.3. The van der Waals surface area contributed by atoms with Crippen LogP contribution in [-0.4, -0.2) is 43.3 Å². The largest absolute Gasteiger partial charge is 0.483 e. The van der Waals surface area contributed by atoms with E-state index in [1.165, 1.54) is 7.11 Å². The maximum Gasteiger partial charge on any atom is 0.328 e. The fraction of sp³-hybridized carbons (Fsp3) is 0.467. The predicted octanol–water partition coefficient (Wildman–Crippen LogP) is 1.21. The van der Waals surface area contributed by atoms with Crippen LogP contribution in [0.2, 0.25) is 0 Å². The number of carbonyl (C=O) groups is 2. The van der Waals surface area contributed by atoms with Gasteiger partial charge in [-0.15, -0.1) is 0 Å². The van der Waals surface area contributed by atoms with Gasteiger partial charge in [-0.25, -0.2) is 4.79 Å². The lowest BCUT2D eigenvalue weighted by molar-refractivity contribution is -0.143. The van der Waals surface area contributed by atoms with Crippen LogP contribution < -0.4 is 10.1 Å². The molecular formula is C15H21NO5. The molecule has 2 N–H and O–H groups in total. The van der Waals surface area contributed by atoms with Gasteiger partial charge in [0, 0.05) is 7.11 Å². The van der Waals surface area contributed by atoms with Gasteiger partial charge in [0.05, 0.1) is 6.61 Å². The van der Waals surface area contributed by atoms with Gasteiger partial charge in [-0.1, -0.05) is 17.7 Å². The number of aliphatic carboxylic acids is 1. The Hall–Kier alpha value is -2.08. The van der Waals surface area contributed by atoms with E-state index >= 15 is 0 Å². The molecule has 0 bridgehead atoms. The third kappa shape index (κ3) is 5.07. The number of amides is 1. The summed E-state index contributed by atoms with van der Waals surface area (Å²) in [4.78, 5) is 22.6. The normalized spacial score (nSPS) is 11.8. The zero-order chi connectivity index (χ0) is 16.0. The van der Waals surface area contributed by atoms with Crippen LogP contribution in [0.5, 0.6) is 5.75 Å². The van der Waals surface area contributed by atoms with Crippen molar-refractivity contribution in [2.24, 2.45) is 0 Å². The molecule has 1 unspecified atom stereocenters. The summed E-state index contributed by atoms with van der Waals surface area (Å²) in [5.41, 5.74) is 2.99. The number of ether oxygens (including phenoxy) is 2. The molecule has 0 aliphatic heterocycles. The number of benzene rings is 1. The molecule has 21 heavy (non-hydrogen) atoms. The standard InChI is InChI=1S/C15H21NO5/c1-9-5-10(2)14(11(3)6-9)21-8-13(17)16-12(7-20-4)15(18)19/h5-6,12H,7-8H2,1-4H3,(H,16,17)(H,18,19). The topological polar surface area (TPSA) is 84.9 Å². The number of aryl methyl sites for hydroxylation is 3. The molecular weight excluding hydrogens is 274 g/mol. The molecule has 0 saturated carbocycles. The number of carboxylic acid groups (broad SMARTS) is 1. The third-order valence-electron chi connectivity index (χ3n) is 2.92. The van der Waals surface area contributed by atoms with E-state index in [9.17, 15) is 9.59 Å². The molecule has 0 aliphatic rings. The van der Waals surface area contributed by atoms with Crippen LogP contribution >= 0.6 is 0 Å². The highest BCUT2D eigenvalue weighted by atomic mass is 16.5. The van der Waals surface area contributed by atoms with Gasteiger partial charge < -0.3 is 19.9 Å². The van der Waals surface area contributed by atoms with E-state index in [4.69, 9.17) is 14.6 Å². The highest BCUT2D eigenvalue weighted by Gasteiger charge is 2.20. The van der Waals surface area contributed by atoms with Gasteiger partial charge in [0.25, 0.3) is 5.91 Å². The summed E-state index contributed by atoms with van der Waals surface area (Å²) < 4.78 is 10.2. The molecule has 0 heterocycles. The maximum absolute atomic E-state index is 11.7. The number of carboxylic acids is 1. The zero-order valence-electron chi connectivity index (χ0n) is 12.7. The second kappa shape index (κ2) is 7.64. The summed E-state index contributed by atoms with van der Waals surface area (Å²) in [7, 11) is 1.37. The molecule has 6 heteroatoms. The minimum atomic E-state index is -1.15. The summed E-state index contributed by atoms with van der Waals surface area (Å²) in [6.07, 6.45) is 0. The van der Waals surface area contributed by atoms with Crippen molar-refractivity contribution in [3.8, 4) is 5.75 Å². The third-order valence-corrected chi connectivity index (χ3v) is 2.92. The fourth-order valence-electron chi connectivity index (χ4n) is 2.11. The average Bonchev–Trinajstić information content (AvgIpc) is 2.36. The van der Waals surface area contributed by atoms with E-state index in [1.54, 1.807) is 0 Å². The second-order valence-corrected chi connectivity index (χ2v) is 4.93. The predicted molar refractivity (Wildman–Crippen MR) is 77.6 cm³/mol. The van der Waals surface area contributed by atoms with E-state index in [1.807, 2.05) is 32.9 Å². The van der Waals surface area contributed by atoms with E-state index in [0.717, 1.165) is 16.7 Å². The number of nitrogens with one attached hydrogen (secondary N) is 1. The molecule has 0 aliphatic carbocycles. The molecule has 0 fully saturated rings. The lowest BCUT2D eigenvalue weighted by Crippen LogP contribution is -2.45. The van der Waals surface area contributed by atoms with Crippen molar-refractivity contribution >= 4 is 11.9 Å². The van der Waals surface area contributed by atoms with E-state index in [0.29, 0.717) is 5.75 Å². The van der Waals surface area contributed by atoms with Gasteiger partial charge in [0.1, 0.15) is 5.75 Å². The van der Waals surface area contributed by atoms with Crippen molar-refractivity contribution in [3.63, 3.8) is 0 Å². The van der Waals surface area contributed by atoms with Gasteiger partial charge in [0.15, 0.2) is 12.6 Å². The van der Waals surface area contributed by atoms with Crippen LogP contribution in [-0.2, 0) is 14.3 Å². The molecule has 1 aromatic rings. The van der Waals surface area contributed by atoms with Gasteiger partial charge in [-0.3, -0.25) is 4.79 Å². The molecule has 0 aromatic heterocycles. The number of methoxy groups -OCH3 is 1. The van der Waals surface area contributed by atoms with Gasteiger partial charge >= 0.3 is 5.97 Å². The molecule has 116 valence electrons. The van der Waals surface area contributed by atoms with Crippen LogP contribution in [0.1, 0.15) is 16.7 Å². The number of rotatable bonds is 7. The molecule has 1 amide bonds. The van der Waals surface area contributed by atoms with Crippen LogP contribution in [0.15, 0.2) is 12.1 Å². The average molecular weight is 295 g/mol. The van der Waals surface area contributed by atoms with Crippen molar-refractivity contribution < 1.29 is 24.2 Å². The Morgan fingerprint density at radius 3 is 2.29 bits per heavy atom. The van der Waals surface area contributed by atoms with E-state index < -0.39 is 17.9 Å². The lowest BCUT2D eigenvalue weighted by atomic mass is 10.1. The molecule has 0 radical (unpaired) electrons. The van der Waals surface area contributed by atoms with E-state index in [2.05, 4.69) is 5.32 Å². The first-order chi connectivity index (χ1) is 9.85. The Morgan fingerprint density at radius 1 is 1.24 bits per heavy atom. The van der Waals surface area contributed by atoms with Gasteiger partial charge in [-0.05, 0) is 31.9 Å². The van der Waals surface area contributed by atoms with Gasteiger partial charge in [0.2, 0.25) is 0 Å². The molecule has 1 rings (SSSR count). The SMILES string of the molecule is COCC(NC(=O)COc1c(C)cc(C)cc1C)C(=O)O. The second-order valence-electron chi connectivity index (χ2n) is 4.93. The van der Waals surface area contributed by atoms with Gasteiger partial charge in [-0.2, -0.15) is 0 Å². The first-order valence-corrected chi connectivity index (χ1v) is 6.57. The van der Waals surface area contributed by atoms with Crippen LogP contribution in [0.4, 0.5) is 0 Å². The summed E-state index contributed by atoms with van der Waals surface area (Å²) in [6.45, 7) is 5.46. The first kappa shape index (κ1) is 17.0. The lowest BCUT2D eigenvalue weighted by Gasteiger charge is -2.16. The molecule has 1 aromatic carbocycles. The summed E-state index contributed by atoms with van der Waals surface area (Å²) >= 11 is 0. The quantitative estimate of drug-likeness (QED) is 0.789. The smallest absolute Gasteiger partial charge is 0.328 e. The van der Waals surface area contributed by atoms with Crippen LogP contribution in [0, 0.1) is 20.8 Å². The Bertz CT molecular complexity index is 504. The van der Waals surface area contributed by atoms with E-state index in [-0.39, 0.29) is 13.2 Å². The van der Waals surface area contributed by atoms with Crippen LogP contribution in [0.25, 0.3) is 0 Å². The Kier molecular flexibility index (Phi) is 6.17. The summed E-state index contributed by atoms with van der Waals surface area (Å²) in [5.74, 6) is -0.999. The summed E-state index contributed by atoms with van der Waals surface area (Å²) in [6, 6.07) is 2.85. The number of carbonyl (C=O) groups excluding carboxylic acids is 1. The highest BCUT2D eigenvalue weighted by Crippen LogP contribution is 2.24. The molecule has 0 saturated heterocycles. The van der Waals surface area contributed by atoms with Crippen molar-refractivity contribution in [2.45, 2.75) is 26.8 Å². The van der Waals surface area contributed by atoms with Crippen molar-refractivity contribution in [1.82, 2.24) is 5.32 Å². The Morgan fingerprint density at radius 2 is 1.81 bits per heavy atom. The van der Waals surface area contributed by atoms with Crippen molar-refractivity contribution in [3.05, 3.63) is 28.8 Å². The first-order valence-electron chi connectivity index (χ1n) is 6.57. The maximum atomic E-state index is 11.7. The zero-order valence-corrected chi connectivity index (χ0v) is 12.7. The Balaban J connectivity index is 2.63. The van der Waals surface area contributed by atoms with Crippen LogP contribution in [0.3, 0.4) is 0 Å². The molecule has 0 spiro atoms. The van der Waals surface area contributed by atoms with Crippen molar-refractivity contribution in [2.75, 3.05) is 20.3 Å². The monoisotopic (exact) mass is 295 g/mol.